The Hall–Kier alpha value is -0.830. The average Bonchev–Trinajstić information content (AvgIpc) is 2.77. The lowest BCUT2D eigenvalue weighted by Crippen LogP contribution is -2.39. The number of imidazole rings is 1. The van der Waals surface area contributed by atoms with E-state index in [0.29, 0.717) is 11.3 Å². The van der Waals surface area contributed by atoms with Gasteiger partial charge in [-0.1, -0.05) is 27.7 Å². The van der Waals surface area contributed by atoms with E-state index >= 15 is 0 Å². The summed E-state index contributed by atoms with van der Waals surface area (Å²) in [5.74, 6) is 2.40. The molecule has 0 aliphatic heterocycles. The molecule has 2 rings (SSSR count). The van der Waals surface area contributed by atoms with E-state index in [1.807, 2.05) is 6.20 Å². The van der Waals surface area contributed by atoms with Gasteiger partial charge in [0.2, 0.25) is 0 Å². The Morgan fingerprint density at radius 3 is 2.74 bits per heavy atom. The third kappa shape index (κ3) is 3.19. The fourth-order valence-corrected chi connectivity index (χ4v) is 3.36. The van der Waals surface area contributed by atoms with Crippen LogP contribution in [0.5, 0.6) is 0 Å². The monoisotopic (exact) mass is 263 g/mol. The third-order valence-corrected chi connectivity index (χ3v) is 4.67. The highest BCUT2D eigenvalue weighted by Crippen LogP contribution is 2.43. The molecule has 1 aromatic heterocycles. The Morgan fingerprint density at radius 2 is 2.11 bits per heavy atom. The van der Waals surface area contributed by atoms with Gasteiger partial charge in [0.05, 0.1) is 0 Å². The molecule has 1 fully saturated rings. The summed E-state index contributed by atoms with van der Waals surface area (Å²) in [6.45, 7) is 10.3. The maximum atomic E-state index is 6.39. The SMILES string of the molecule is CCCn1ccnc1C1CC(C(C)(C)C)CCC1N. The number of nitrogens with two attached hydrogens (primary N) is 1. The van der Waals surface area contributed by atoms with E-state index < -0.39 is 0 Å². The molecule has 3 nitrogen and oxygen atoms in total. The predicted octanol–water partition coefficient (Wildman–Crippen LogP) is 3.55. The number of hydrogen-bond acceptors (Lipinski definition) is 2. The molecule has 2 N–H and O–H groups in total. The van der Waals surface area contributed by atoms with Crippen molar-refractivity contribution in [3.8, 4) is 0 Å². The molecule has 3 unspecified atom stereocenters. The Morgan fingerprint density at radius 1 is 1.37 bits per heavy atom. The summed E-state index contributed by atoms with van der Waals surface area (Å²) >= 11 is 0. The molecule has 0 saturated heterocycles. The molecule has 1 aliphatic carbocycles. The minimum Gasteiger partial charge on any atom is -0.335 e. The lowest BCUT2D eigenvalue weighted by atomic mass is 9.67. The minimum absolute atomic E-state index is 0.275. The fraction of sp³-hybridized carbons (Fsp3) is 0.812. The van der Waals surface area contributed by atoms with Crippen LogP contribution in [0.2, 0.25) is 0 Å². The summed E-state index contributed by atoms with van der Waals surface area (Å²) in [6.07, 6.45) is 8.76. The number of hydrogen-bond donors (Lipinski definition) is 1. The zero-order valence-electron chi connectivity index (χ0n) is 12.9. The molecule has 0 bridgehead atoms. The average molecular weight is 263 g/mol. The largest absolute Gasteiger partial charge is 0.335 e. The van der Waals surface area contributed by atoms with Gasteiger partial charge in [-0.05, 0) is 37.0 Å². The zero-order valence-corrected chi connectivity index (χ0v) is 12.9. The highest BCUT2D eigenvalue weighted by molar-refractivity contribution is 5.07. The van der Waals surface area contributed by atoms with Crippen molar-refractivity contribution in [2.24, 2.45) is 17.1 Å². The zero-order chi connectivity index (χ0) is 14.0. The highest BCUT2D eigenvalue weighted by Gasteiger charge is 2.36. The number of aryl methyl sites for hydroxylation is 1. The molecule has 0 aromatic carbocycles. The number of aromatic nitrogens is 2. The Bertz CT molecular complexity index is 402. The standard InChI is InChI=1S/C16H29N3/c1-5-9-19-10-8-18-15(19)13-11-12(16(2,3)4)6-7-14(13)17/h8,10,12-14H,5-7,9,11,17H2,1-4H3. The Balaban J connectivity index is 2.19. The van der Waals surface area contributed by atoms with Gasteiger partial charge in [0, 0.05) is 30.9 Å². The van der Waals surface area contributed by atoms with Gasteiger partial charge < -0.3 is 10.3 Å². The van der Waals surface area contributed by atoms with Crippen LogP contribution in [0, 0.1) is 11.3 Å². The van der Waals surface area contributed by atoms with E-state index in [-0.39, 0.29) is 6.04 Å². The van der Waals surface area contributed by atoms with Crippen molar-refractivity contribution in [3.05, 3.63) is 18.2 Å². The lowest BCUT2D eigenvalue weighted by Gasteiger charge is -2.40. The van der Waals surface area contributed by atoms with Crippen LogP contribution >= 0.6 is 0 Å². The first-order chi connectivity index (χ1) is 8.93. The molecule has 0 spiro atoms. The fourth-order valence-electron chi connectivity index (χ4n) is 3.36. The smallest absolute Gasteiger partial charge is 0.113 e. The Kier molecular flexibility index (Phi) is 4.34. The second-order valence-corrected chi connectivity index (χ2v) is 7.13. The van der Waals surface area contributed by atoms with Crippen LogP contribution in [0.1, 0.15) is 65.1 Å². The molecule has 0 amide bonds. The summed E-state index contributed by atoms with van der Waals surface area (Å²) in [5.41, 5.74) is 6.76. The van der Waals surface area contributed by atoms with Crippen molar-refractivity contribution >= 4 is 0 Å². The van der Waals surface area contributed by atoms with E-state index in [2.05, 4.69) is 43.4 Å². The molecule has 3 heteroatoms. The maximum Gasteiger partial charge on any atom is 0.113 e. The quantitative estimate of drug-likeness (QED) is 0.906. The maximum absolute atomic E-state index is 6.39. The van der Waals surface area contributed by atoms with Gasteiger partial charge in [-0.3, -0.25) is 0 Å². The van der Waals surface area contributed by atoms with Gasteiger partial charge >= 0.3 is 0 Å². The predicted molar refractivity (Wildman–Crippen MR) is 80.0 cm³/mol. The summed E-state index contributed by atoms with van der Waals surface area (Å²) in [4.78, 5) is 4.61. The van der Waals surface area contributed by atoms with Gasteiger partial charge in [-0.15, -0.1) is 0 Å². The molecule has 0 radical (unpaired) electrons. The van der Waals surface area contributed by atoms with Crippen molar-refractivity contribution in [1.82, 2.24) is 9.55 Å². The van der Waals surface area contributed by atoms with Crippen LogP contribution in [-0.2, 0) is 6.54 Å². The molecule has 3 atom stereocenters. The van der Waals surface area contributed by atoms with Crippen molar-refractivity contribution < 1.29 is 0 Å². The molecule has 108 valence electrons. The minimum atomic E-state index is 0.275. The van der Waals surface area contributed by atoms with Gasteiger partial charge in [0.25, 0.3) is 0 Å². The van der Waals surface area contributed by atoms with Crippen molar-refractivity contribution in [1.29, 1.82) is 0 Å². The van der Waals surface area contributed by atoms with E-state index in [4.69, 9.17) is 5.73 Å². The van der Waals surface area contributed by atoms with Crippen molar-refractivity contribution in [3.63, 3.8) is 0 Å². The summed E-state index contributed by atoms with van der Waals surface area (Å²) in [5, 5.41) is 0. The summed E-state index contributed by atoms with van der Waals surface area (Å²) in [7, 11) is 0. The molecule has 1 saturated carbocycles. The van der Waals surface area contributed by atoms with Gasteiger partial charge in [0.1, 0.15) is 5.82 Å². The first kappa shape index (κ1) is 14.6. The second-order valence-electron chi connectivity index (χ2n) is 7.13. The first-order valence-corrected chi connectivity index (χ1v) is 7.70. The second kappa shape index (κ2) is 5.66. The van der Waals surface area contributed by atoms with Crippen LogP contribution in [0.3, 0.4) is 0 Å². The lowest BCUT2D eigenvalue weighted by molar-refractivity contribution is 0.150. The van der Waals surface area contributed by atoms with Crippen molar-refractivity contribution in [2.75, 3.05) is 0 Å². The molecule has 19 heavy (non-hydrogen) atoms. The van der Waals surface area contributed by atoms with Gasteiger partial charge in [0.15, 0.2) is 0 Å². The Labute approximate surface area is 117 Å². The first-order valence-electron chi connectivity index (χ1n) is 7.70. The van der Waals surface area contributed by atoms with E-state index in [1.54, 1.807) is 0 Å². The molecule has 1 aromatic rings. The number of nitrogens with zero attached hydrogens (tertiary/aromatic N) is 2. The normalized spacial score (nSPS) is 28.6. The summed E-state index contributed by atoms with van der Waals surface area (Å²) in [6, 6.07) is 0.275. The van der Waals surface area contributed by atoms with Gasteiger partial charge in [-0.2, -0.15) is 0 Å². The third-order valence-electron chi connectivity index (χ3n) is 4.67. The molecular formula is C16H29N3. The van der Waals surface area contributed by atoms with Crippen LogP contribution in [0.4, 0.5) is 0 Å². The topological polar surface area (TPSA) is 43.8 Å². The van der Waals surface area contributed by atoms with Crippen molar-refractivity contribution in [2.45, 2.75) is 71.9 Å². The molecule has 1 heterocycles. The van der Waals surface area contributed by atoms with E-state index in [1.165, 1.54) is 18.7 Å². The van der Waals surface area contributed by atoms with Crippen LogP contribution in [-0.4, -0.2) is 15.6 Å². The van der Waals surface area contributed by atoms with Gasteiger partial charge in [-0.25, -0.2) is 4.98 Å². The number of rotatable bonds is 3. The summed E-state index contributed by atoms with van der Waals surface area (Å²) < 4.78 is 2.30. The van der Waals surface area contributed by atoms with Crippen LogP contribution in [0.15, 0.2) is 12.4 Å². The molecular weight excluding hydrogens is 234 g/mol. The van der Waals surface area contributed by atoms with Crippen LogP contribution in [0.25, 0.3) is 0 Å². The van der Waals surface area contributed by atoms with Crippen LogP contribution < -0.4 is 5.73 Å². The highest BCUT2D eigenvalue weighted by atomic mass is 15.1. The van der Waals surface area contributed by atoms with E-state index in [0.717, 1.165) is 25.3 Å². The molecule has 1 aliphatic rings. The van der Waals surface area contributed by atoms with E-state index in [9.17, 15) is 0 Å².